The van der Waals surface area contributed by atoms with Gasteiger partial charge in [0.05, 0.1) is 0 Å². The zero-order chi connectivity index (χ0) is 15.3. The van der Waals surface area contributed by atoms with Gasteiger partial charge in [0.1, 0.15) is 0 Å². The molecule has 2 amide bonds. The van der Waals surface area contributed by atoms with Crippen molar-refractivity contribution < 1.29 is 9.59 Å². The Hall–Kier alpha value is -1.88. The summed E-state index contributed by atoms with van der Waals surface area (Å²) in [5.41, 5.74) is 6.50. The summed E-state index contributed by atoms with van der Waals surface area (Å²) in [6, 6.07) is 6.60. The Bertz CT molecular complexity index is 473. The third-order valence-electron chi connectivity index (χ3n) is 2.43. The van der Waals surface area contributed by atoms with Gasteiger partial charge in [-0.15, -0.1) is 0 Å². The number of nitrogens with one attached hydrogen (secondary N) is 2. The number of carbonyl (C=O) groups excluding carboxylic acids is 2. The Kier molecular flexibility index (Phi) is 5.27. The number of benzene rings is 1. The molecule has 1 unspecified atom stereocenters. The minimum Gasteiger partial charge on any atom is -0.347 e. The van der Waals surface area contributed by atoms with E-state index in [-0.39, 0.29) is 29.8 Å². The van der Waals surface area contributed by atoms with Crippen LogP contribution in [0.15, 0.2) is 24.3 Å². The van der Waals surface area contributed by atoms with Crippen molar-refractivity contribution >= 4 is 17.5 Å². The van der Waals surface area contributed by atoms with Crippen LogP contribution in [-0.2, 0) is 4.79 Å². The van der Waals surface area contributed by atoms with Gasteiger partial charge in [0.25, 0.3) is 5.91 Å². The van der Waals surface area contributed by atoms with Crippen molar-refractivity contribution in [2.24, 2.45) is 5.73 Å². The van der Waals surface area contributed by atoms with Crippen molar-refractivity contribution in [1.29, 1.82) is 0 Å². The average Bonchev–Trinajstić information content (AvgIpc) is 2.26. The van der Waals surface area contributed by atoms with Gasteiger partial charge in [-0.3, -0.25) is 9.59 Å². The molecule has 5 nitrogen and oxygen atoms in total. The Balaban J connectivity index is 2.65. The highest BCUT2D eigenvalue weighted by Gasteiger charge is 2.15. The van der Waals surface area contributed by atoms with E-state index in [4.69, 9.17) is 5.73 Å². The summed E-state index contributed by atoms with van der Waals surface area (Å²) >= 11 is 0. The fraction of sp³-hybridized carbons (Fsp3) is 0.467. The molecule has 0 aliphatic heterocycles. The maximum atomic E-state index is 11.9. The summed E-state index contributed by atoms with van der Waals surface area (Å²) in [5, 5.41) is 5.62. The molecule has 0 spiro atoms. The second-order valence-electron chi connectivity index (χ2n) is 6.01. The van der Waals surface area contributed by atoms with Crippen LogP contribution in [-0.4, -0.2) is 23.4 Å². The molecule has 1 aromatic carbocycles. The smallest absolute Gasteiger partial charge is 0.251 e. The zero-order valence-corrected chi connectivity index (χ0v) is 12.5. The van der Waals surface area contributed by atoms with Crippen LogP contribution in [0.4, 0.5) is 5.69 Å². The van der Waals surface area contributed by atoms with E-state index < -0.39 is 0 Å². The van der Waals surface area contributed by atoms with Crippen LogP contribution in [0.3, 0.4) is 0 Å². The van der Waals surface area contributed by atoms with Crippen molar-refractivity contribution in [3.8, 4) is 0 Å². The fourth-order valence-electron chi connectivity index (χ4n) is 1.62. The van der Waals surface area contributed by atoms with Crippen molar-refractivity contribution in [3.05, 3.63) is 29.8 Å². The van der Waals surface area contributed by atoms with E-state index in [9.17, 15) is 9.59 Å². The Morgan fingerprint density at radius 1 is 1.20 bits per heavy atom. The fourth-order valence-corrected chi connectivity index (χ4v) is 1.62. The zero-order valence-electron chi connectivity index (χ0n) is 12.5. The highest BCUT2D eigenvalue weighted by molar-refractivity contribution is 5.96. The minimum atomic E-state index is -0.277. The molecule has 0 saturated carbocycles. The minimum absolute atomic E-state index is 0.133. The summed E-state index contributed by atoms with van der Waals surface area (Å²) in [6.45, 7) is 7.55. The first-order valence-electron chi connectivity index (χ1n) is 6.65. The van der Waals surface area contributed by atoms with Crippen LogP contribution in [0.1, 0.15) is 44.5 Å². The van der Waals surface area contributed by atoms with Gasteiger partial charge >= 0.3 is 0 Å². The van der Waals surface area contributed by atoms with E-state index in [1.807, 2.05) is 20.8 Å². The number of nitrogens with two attached hydrogens (primary N) is 1. The normalized spacial score (nSPS) is 12.7. The summed E-state index contributed by atoms with van der Waals surface area (Å²) < 4.78 is 0. The molecule has 0 aromatic heterocycles. The van der Waals surface area contributed by atoms with E-state index in [0.717, 1.165) is 0 Å². The second kappa shape index (κ2) is 6.52. The third-order valence-corrected chi connectivity index (χ3v) is 2.43. The monoisotopic (exact) mass is 277 g/mol. The van der Waals surface area contributed by atoms with E-state index in [1.165, 1.54) is 0 Å². The molecule has 4 N–H and O–H groups in total. The van der Waals surface area contributed by atoms with Crippen molar-refractivity contribution in [1.82, 2.24) is 5.32 Å². The lowest BCUT2D eigenvalue weighted by Gasteiger charge is -2.20. The quantitative estimate of drug-likeness (QED) is 0.785. The van der Waals surface area contributed by atoms with Crippen LogP contribution >= 0.6 is 0 Å². The van der Waals surface area contributed by atoms with Crippen LogP contribution in [0, 0.1) is 0 Å². The van der Waals surface area contributed by atoms with Gasteiger partial charge in [-0.25, -0.2) is 0 Å². The highest BCUT2D eigenvalue weighted by Crippen LogP contribution is 2.11. The number of amides is 2. The van der Waals surface area contributed by atoms with Gasteiger partial charge < -0.3 is 16.4 Å². The molecule has 1 atom stereocenters. The van der Waals surface area contributed by atoms with E-state index in [1.54, 1.807) is 31.2 Å². The molecule has 0 fully saturated rings. The molecular weight excluding hydrogens is 254 g/mol. The lowest BCUT2D eigenvalue weighted by atomic mass is 10.1. The third kappa shape index (κ3) is 5.84. The number of hydrogen-bond acceptors (Lipinski definition) is 3. The van der Waals surface area contributed by atoms with Gasteiger partial charge in [0, 0.05) is 29.3 Å². The summed E-state index contributed by atoms with van der Waals surface area (Å²) in [7, 11) is 0. The first-order chi connectivity index (χ1) is 9.17. The molecule has 0 radical (unpaired) electrons. The molecule has 20 heavy (non-hydrogen) atoms. The van der Waals surface area contributed by atoms with Gasteiger partial charge in [-0.2, -0.15) is 0 Å². The molecular formula is C15H23N3O2. The molecule has 0 saturated heterocycles. The van der Waals surface area contributed by atoms with Gasteiger partial charge in [0.15, 0.2) is 0 Å². The number of carbonyl (C=O) groups is 2. The molecule has 0 aliphatic rings. The maximum Gasteiger partial charge on any atom is 0.251 e. The highest BCUT2D eigenvalue weighted by atomic mass is 16.2. The molecule has 5 heteroatoms. The van der Waals surface area contributed by atoms with Gasteiger partial charge in [0.2, 0.25) is 5.91 Å². The first kappa shape index (κ1) is 16.2. The van der Waals surface area contributed by atoms with Gasteiger partial charge in [-0.05, 0) is 52.0 Å². The standard InChI is InChI=1S/C15H23N3O2/c1-10(16)9-13(19)17-12-7-5-11(6-8-12)14(20)18-15(2,3)4/h5-8,10H,9,16H2,1-4H3,(H,17,19)(H,18,20). The Morgan fingerprint density at radius 3 is 2.20 bits per heavy atom. The van der Waals surface area contributed by atoms with E-state index >= 15 is 0 Å². The van der Waals surface area contributed by atoms with E-state index in [0.29, 0.717) is 11.3 Å². The lowest BCUT2D eigenvalue weighted by molar-refractivity contribution is -0.116. The molecule has 0 bridgehead atoms. The first-order valence-corrected chi connectivity index (χ1v) is 6.65. The Labute approximate surface area is 119 Å². The molecule has 0 heterocycles. The average molecular weight is 277 g/mol. The van der Waals surface area contributed by atoms with Crippen molar-refractivity contribution in [2.75, 3.05) is 5.32 Å². The topological polar surface area (TPSA) is 84.2 Å². The summed E-state index contributed by atoms with van der Waals surface area (Å²) in [5.74, 6) is -0.266. The van der Waals surface area contributed by atoms with Crippen LogP contribution in [0.5, 0.6) is 0 Å². The van der Waals surface area contributed by atoms with Crippen LogP contribution < -0.4 is 16.4 Å². The van der Waals surface area contributed by atoms with E-state index in [2.05, 4.69) is 10.6 Å². The van der Waals surface area contributed by atoms with Crippen molar-refractivity contribution in [3.63, 3.8) is 0 Å². The second-order valence-corrected chi connectivity index (χ2v) is 6.01. The maximum absolute atomic E-state index is 11.9. The molecule has 0 aliphatic carbocycles. The molecule has 110 valence electrons. The molecule has 1 aromatic rings. The predicted molar refractivity (Wildman–Crippen MR) is 80.6 cm³/mol. The number of rotatable bonds is 4. The van der Waals surface area contributed by atoms with Crippen LogP contribution in [0.2, 0.25) is 0 Å². The Morgan fingerprint density at radius 2 is 1.75 bits per heavy atom. The number of anilines is 1. The largest absolute Gasteiger partial charge is 0.347 e. The summed E-state index contributed by atoms with van der Waals surface area (Å²) in [6.07, 6.45) is 0.270. The number of hydrogen-bond donors (Lipinski definition) is 3. The SMILES string of the molecule is CC(N)CC(=O)Nc1ccc(C(=O)NC(C)(C)C)cc1. The van der Waals surface area contributed by atoms with Crippen LogP contribution in [0.25, 0.3) is 0 Å². The van der Waals surface area contributed by atoms with Crippen molar-refractivity contribution in [2.45, 2.75) is 45.7 Å². The predicted octanol–water partition coefficient (Wildman–Crippen LogP) is 1.89. The molecule has 1 rings (SSSR count). The lowest BCUT2D eigenvalue weighted by Crippen LogP contribution is -2.40. The summed E-state index contributed by atoms with van der Waals surface area (Å²) in [4.78, 5) is 23.5. The van der Waals surface area contributed by atoms with Gasteiger partial charge in [-0.1, -0.05) is 0 Å².